The summed E-state index contributed by atoms with van der Waals surface area (Å²) in [6.45, 7) is 3.09. The van der Waals surface area contributed by atoms with Crippen molar-refractivity contribution in [3.8, 4) is 5.69 Å². The minimum atomic E-state index is -0.109. The zero-order valence-electron chi connectivity index (χ0n) is 14.5. The fourth-order valence-corrected chi connectivity index (χ4v) is 3.17. The Morgan fingerprint density at radius 3 is 2.85 bits per heavy atom. The van der Waals surface area contributed by atoms with Crippen LogP contribution in [0.25, 0.3) is 5.69 Å². The Kier molecular flexibility index (Phi) is 4.39. The van der Waals surface area contributed by atoms with Gasteiger partial charge in [-0.2, -0.15) is 10.1 Å². The maximum absolute atomic E-state index is 12.6. The third-order valence-electron chi connectivity index (χ3n) is 4.50. The number of amides is 2. The second-order valence-corrected chi connectivity index (χ2v) is 6.38. The first-order valence-electron chi connectivity index (χ1n) is 8.65. The van der Waals surface area contributed by atoms with Crippen LogP contribution in [0.5, 0.6) is 0 Å². The van der Waals surface area contributed by atoms with Crippen molar-refractivity contribution in [3.05, 3.63) is 54.4 Å². The first-order chi connectivity index (χ1) is 12.7. The van der Waals surface area contributed by atoms with E-state index in [0.29, 0.717) is 18.3 Å². The number of likely N-dealkylation sites (tertiary alicyclic amines) is 1. The normalized spacial score (nSPS) is 17.3. The molecule has 0 aliphatic carbocycles. The van der Waals surface area contributed by atoms with Crippen molar-refractivity contribution < 1.29 is 9.32 Å². The van der Waals surface area contributed by atoms with E-state index in [1.54, 1.807) is 22.7 Å². The number of rotatable bonds is 3. The fourth-order valence-electron chi connectivity index (χ4n) is 3.17. The molecular formula is C18H20N6O2. The van der Waals surface area contributed by atoms with Gasteiger partial charge < -0.3 is 14.7 Å². The van der Waals surface area contributed by atoms with Crippen molar-refractivity contribution in [1.29, 1.82) is 0 Å². The average molecular weight is 352 g/mol. The largest absolute Gasteiger partial charge is 0.340 e. The third-order valence-corrected chi connectivity index (χ3v) is 4.50. The molecule has 1 fully saturated rings. The van der Waals surface area contributed by atoms with Crippen molar-refractivity contribution in [1.82, 2.24) is 24.8 Å². The third kappa shape index (κ3) is 3.44. The summed E-state index contributed by atoms with van der Waals surface area (Å²) in [7, 11) is 0. The van der Waals surface area contributed by atoms with Gasteiger partial charge in [0.25, 0.3) is 0 Å². The van der Waals surface area contributed by atoms with E-state index in [4.69, 9.17) is 4.52 Å². The maximum Gasteiger partial charge on any atom is 0.321 e. The highest BCUT2D eigenvalue weighted by Crippen LogP contribution is 2.25. The monoisotopic (exact) mass is 352 g/mol. The molecule has 1 N–H and O–H groups in total. The Morgan fingerprint density at radius 1 is 1.31 bits per heavy atom. The fraction of sp³-hybridized carbons (Fsp3) is 0.333. The molecule has 8 nitrogen and oxygen atoms in total. The van der Waals surface area contributed by atoms with Gasteiger partial charge in [-0.1, -0.05) is 5.16 Å². The molecule has 3 heterocycles. The first-order valence-corrected chi connectivity index (χ1v) is 8.65. The lowest BCUT2D eigenvalue weighted by molar-refractivity contribution is 0.190. The van der Waals surface area contributed by atoms with E-state index < -0.39 is 0 Å². The zero-order valence-corrected chi connectivity index (χ0v) is 14.5. The lowest BCUT2D eigenvalue weighted by Gasteiger charge is -2.31. The number of nitrogens with one attached hydrogen (secondary N) is 1. The molecule has 1 aliphatic rings. The van der Waals surface area contributed by atoms with Gasteiger partial charge in [-0.25, -0.2) is 9.48 Å². The molecule has 0 unspecified atom stereocenters. The lowest BCUT2D eigenvalue weighted by Crippen LogP contribution is -2.41. The van der Waals surface area contributed by atoms with Gasteiger partial charge in [0.2, 0.25) is 5.89 Å². The van der Waals surface area contributed by atoms with Gasteiger partial charge in [-0.3, -0.25) is 0 Å². The van der Waals surface area contributed by atoms with E-state index in [-0.39, 0.29) is 11.9 Å². The molecule has 0 spiro atoms. The molecular weight excluding hydrogens is 332 g/mol. The number of carbonyl (C=O) groups excluding carboxylic acids is 1. The predicted octanol–water partition coefficient (Wildman–Crippen LogP) is 2.98. The summed E-state index contributed by atoms with van der Waals surface area (Å²) in [4.78, 5) is 18.7. The van der Waals surface area contributed by atoms with Gasteiger partial charge in [0.15, 0.2) is 5.82 Å². The molecule has 1 aliphatic heterocycles. The van der Waals surface area contributed by atoms with Crippen LogP contribution in [0.3, 0.4) is 0 Å². The van der Waals surface area contributed by atoms with E-state index in [9.17, 15) is 4.79 Å². The van der Waals surface area contributed by atoms with Gasteiger partial charge in [-0.15, -0.1) is 0 Å². The van der Waals surface area contributed by atoms with Crippen LogP contribution < -0.4 is 5.32 Å². The summed E-state index contributed by atoms with van der Waals surface area (Å²) in [6, 6.07) is 9.35. The van der Waals surface area contributed by atoms with Crippen molar-refractivity contribution in [3.63, 3.8) is 0 Å². The quantitative estimate of drug-likeness (QED) is 0.783. The van der Waals surface area contributed by atoms with Gasteiger partial charge in [-0.05, 0) is 43.2 Å². The highest BCUT2D eigenvalue weighted by Gasteiger charge is 2.27. The summed E-state index contributed by atoms with van der Waals surface area (Å²) in [5.74, 6) is 1.36. The SMILES string of the molecule is Cc1nc([C@@H]2CCCN(C(=O)Nc3ccc(-n4cccn4)cc3)C2)no1. The van der Waals surface area contributed by atoms with Gasteiger partial charge in [0.1, 0.15) is 0 Å². The number of anilines is 1. The van der Waals surface area contributed by atoms with E-state index in [0.717, 1.165) is 30.8 Å². The molecule has 3 aromatic rings. The van der Waals surface area contributed by atoms with Gasteiger partial charge >= 0.3 is 6.03 Å². The average Bonchev–Trinajstić information content (AvgIpc) is 3.34. The highest BCUT2D eigenvalue weighted by molar-refractivity contribution is 5.89. The minimum absolute atomic E-state index is 0.109. The molecule has 1 aromatic carbocycles. The summed E-state index contributed by atoms with van der Waals surface area (Å²) in [5, 5.41) is 11.1. The molecule has 0 saturated carbocycles. The Bertz CT molecular complexity index is 871. The summed E-state index contributed by atoms with van der Waals surface area (Å²) >= 11 is 0. The van der Waals surface area contributed by atoms with Crippen LogP contribution in [0.15, 0.2) is 47.2 Å². The Hall–Kier alpha value is -3.16. The minimum Gasteiger partial charge on any atom is -0.340 e. The topological polar surface area (TPSA) is 89.1 Å². The Labute approximate surface area is 150 Å². The van der Waals surface area contributed by atoms with Gasteiger partial charge in [0, 0.05) is 44.0 Å². The number of hydrogen-bond donors (Lipinski definition) is 1. The van der Waals surface area contributed by atoms with Crippen LogP contribution in [0, 0.1) is 6.92 Å². The molecule has 8 heteroatoms. The standard InChI is InChI=1S/C18H20N6O2/c1-13-20-17(22-26-13)14-4-2-10-23(12-14)18(25)21-15-5-7-16(8-6-15)24-11-3-9-19-24/h3,5-9,11,14H,2,4,10,12H2,1H3,(H,21,25)/t14-/m1/s1. The molecule has 134 valence electrons. The van der Waals surface area contributed by atoms with Crippen LogP contribution in [-0.2, 0) is 0 Å². The van der Waals surface area contributed by atoms with E-state index in [2.05, 4.69) is 20.6 Å². The zero-order chi connectivity index (χ0) is 17.9. The van der Waals surface area contributed by atoms with Crippen LogP contribution >= 0.6 is 0 Å². The number of urea groups is 1. The van der Waals surface area contributed by atoms with Crippen LogP contribution in [0.4, 0.5) is 10.5 Å². The summed E-state index contributed by atoms with van der Waals surface area (Å²) in [5.41, 5.74) is 1.70. The Balaban J connectivity index is 1.39. The van der Waals surface area contributed by atoms with Crippen LogP contribution in [0.1, 0.15) is 30.5 Å². The van der Waals surface area contributed by atoms with Crippen LogP contribution in [-0.4, -0.2) is 43.9 Å². The van der Waals surface area contributed by atoms with Crippen molar-refractivity contribution in [2.24, 2.45) is 0 Å². The second-order valence-electron chi connectivity index (χ2n) is 6.38. The van der Waals surface area contributed by atoms with E-state index in [1.165, 1.54) is 0 Å². The molecule has 4 rings (SSSR count). The number of piperidine rings is 1. The number of benzene rings is 1. The number of carbonyl (C=O) groups is 1. The number of aromatic nitrogens is 4. The molecule has 0 radical (unpaired) electrons. The van der Waals surface area contributed by atoms with Crippen LogP contribution in [0.2, 0.25) is 0 Å². The Morgan fingerprint density at radius 2 is 2.15 bits per heavy atom. The predicted molar refractivity (Wildman–Crippen MR) is 95.2 cm³/mol. The maximum atomic E-state index is 12.6. The van der Waals surface area contributed by atoms with Crippen molar-refractivity contribution >= 4 is 11.7 Å². The van der Waals surface area contributed by atoms with Crippen molar-refractivity contribution in [2.45, 2.75) is 25.7 Å². The summed E-state index contributed by atoms with van der Waals surface area (Å²) < 4.78 is 6.84. The van der Waals surface area contributed by atoms with Gasteiger partial charge in [0.05, 0.1) is 5.69 Å². The summed E-state index contributed by atoms with van der Waals surface area (Å²) in [6.07, 6.45) is 5.49. The lowest BCUT2D eigenvalue weighted by atomic mass is 9.98. The molecule has 1 saturated heterocycles. The first kappa shape index (κ1) is 16.3. The number of hydrogen-bond acceptors (Lipinski definition) is 5. The molecule has 2 aromatic heterocycles. The van der Waals surface area contributed by atoms with E-state index in [1.807, 2.05) is 36.5 Å². The molecule has 1 atom stereocenters. The molecule has 0 bridgehead atoms. The second kappa shape index (κ2) is 6.99. The van der Waals surface area contributed by atoms with Crippen molar-refractivity contribution in [2.75, 3.05) is 18.4 Å². The molecule has 2 amide bonds. The number of nitrogens with zero attached hydrogens (tertiary/aromatic N) is 5. The highest BCUT2D eigenvalue weighted by atomic mass is 16.5. The number of aryl methyl sites for hydroxylation is 1. The molecule has 26 heavy (non-hydrogen) atoms. The smallest absolute Gasteiger partial charge is 0.321 e. The van der Waals surface area contributed by atoms with E-state index >= 15 is 0 Å².